The summed E-state index contributed by atoms with van der Waals surface area (Å²) in [5.41, 5.74) is 0.144. The summed E-state index contributed by atoms with van der Waals surface area (Å²) >= 11 is 0. The topological polar surface area (TPSA) is 38.3 Å². The lowest BCUT2D eigenvalue weighted by atomic mass is 9.96. The molecule has 17 heavy (non-hydrogen) atoms. The predicted octanol–water partition coefficient (Wildman–Crippen LogP) is 2.16. The Morgan fingerprint density at radius 2 is 2.29 bits per heavy atom. The van der Waals surface area contributed by atoms with Crippen LogP contribution in [0.25, 0.3) is 0 Å². The number of hydrogen-bond donors (Lipinski definition) is 1. The zero-order chi connectivity index (χ0) is 12.3. The van der Waals surface area contributed by atoms with Crippen molar-refractivity contribution in [3.63, 3.8) is 0 Å². The van der Waals surface area contributed by atoms with Crippen molar-refractivity contribution in [2.75, 3.05) is 13.7 Å². The number of ether oxygens (including phenoxy) is 1. The van der Waals surface area contributed by atoms with Crippen LogP contribution in [-0.4, -0.2) is 25.5 Å². The second-order valence-electron chi connectivity index (χ2n) is 4.21. The number of ketones is 1. The molecule has 0 aromatic heterocycles. The Balaban J connectivity index is 2.18. The van der Waals surface area contributed by atoms with Gasteiger partial charge in [0.1, 0.15) is 11.6 Å². The molecule has 2 rings (SSSR count). The third kappa shape index (κ3) is 2.64. The molecule has 0 aliphatic carbocycles. The standard InChI is InChI=1S/C13H16FNO2/c1-17-9-5-6-10(11(14)8-9)13(16)12-4-2-3-7-15-12/h5-6,8,12,15H,2-4,7H2,1H3. The molecule has 4 heteroatoms. The molecule has 0 radical (unpaired) electrons. The number of benzene rings is 1. The largest absolute Gasteiger partial charge is 0.497 e. The molecule has 3 nitrogen and oxygen atoms in total. The minimum atomic E-state index is -0.512. The third-order valence-electron chi connectivity index (χ3n) is 3.07. The molecule has 1 unspecified atom stereocenters. The summed E-state index contributed by atoms with van der Waals surface area (Å²) < 4.78 is 18.6. The van der Waals surface area contributed by atoms with E-state index < -0.39 is 5.82 Å². The molecular formula is C13H16FNO2. The lowest BCUT2D eigenvalue weighted by Gasteiger charge is -2.22. The number of halogens is 1. The number of nitrogens with one attached hydrogen (secondary N) is 1. The van der Waals surface area contributed by atoms with Gasteiger partial charge in [0.05, 0.1) is 18.7 Å². The Morgan fingerprint density at radius 1 is 1.47 bits per heavy atom. The molecule has 1 aliphatic heterocycles. The van der Waals surface area contributed by atoms with Crippen LogP contribution in [0.1, 0.15) is 29.6 Å². The van der Waals surface area contributed by atoms with E-state index in [1.54, 1.807) is 6.07 Å². The predicted molar refractivity (Wildman–Crippen MR) is 62.9 cm³/mol. The van der Waals surface area contributed by atoms with E-state index in [9.17, 15) is 9.18 Å². The third-order valence-corrected chi connectivity index (χ3v) is 3.07. The average molecular weight is 237 g/mol. The first-order valence-corrected chi connectivity index (χ1v) is 5.83. The van der Waals surface area contributed by atoms with Crippen molar-refractivity contribution in [1.82, 2.24) is 5.32 Å². The van der Waals surface area contributed by atoms with Gasteiger partial charge in [-0.05, 0) is 31.5 Å². The highest BCUT2D eigenvalue weighted by molar-refractivity contribution is 6.00. The highest BCUT2D eigenvalue weighted by Crippen LogP contribution is 2.19. The zero-order valence-corrected chi connectivity index (χ0v) is 9.83. The van der Waals surface area contributed by atoms with Crippen molar-refractivity contribution in [3.8, 4) is 5.75 Å². The van der Waals surface area contributed by atoms with E-state index in [1.807, 2.05) is 0 Å². The van der Waals surface area contributed by atoms with Gasteiger partial charge >= 0.3 is 0 Å². The fraction of sp³-hybridized carbons (Fsp3) is 0.462. The Morgan fingerprint density at radius 3 is 2.88 bits per heavy atom. The van der Waals surface area contributed by atoms with Crippen molar-refractivity contribution in [3.05, 3.63) is 29.6 Å². The van der Waals surface area contributed by atoms with Gasteiger partial charge in [-0.2, -0.15) is 0 Å². The number of hydrogen-bond acceptors (Lipinski definition) is 3. The van der Waals surface area contributed by atoms with E-state index in [4.69, 9.17) is 4.74 Å². The molecule has 1 saturated heterocycles. The smallest absolute Gasteiger partial charge is 0.182 e. The second-order valence-corrected chi connectivity index (χ2v) is 4.21. The summed E-state index contributed by atoms with van der Waals surface area (Å²) in [6.45, 7) is 0.828. The van der Waals surface area contributed by atoms with E-state index in [0.717, 1.165) is 25.8 Å². The number of Topliss-reactive ketones (excluding diaryl/α,β-unsaturated/α-hetero) is 1. The Kier molecular flexibility index (Phi) is 3.74. The van der Waals surface area contributed by atoms with Crippen molar-refractivity contribution in [1.29, 1.82) is 0 Å². The number of piperidine rings is 1. The van der Waals surface area contributed by atoms with Crippen molar-refractivity contribution in [2.24, 2.45) is 0 Å². The molecule has 1 aliphatic rings. The maximum Gasteiger partial charge on any atom is 0.182 e. The summed E-state index contributed by atoms with van der Waals surface area (Å²) in [6.07, 6.45) is 2.88. The van der Waals surface area contributed by atoms with E-state index in [-0.39, 0.29) is 17.4 Å². The van der Waals surface area contributed by atoms with Gasteiger partial charge in [0.15, 0.2) is 5.78 Å². The lowest BCUT2D eigenvalue weighted by Crippen LogP contribution is -2.40. The highest BCUT2D eigenvalue weighted by atomic mass is 19.1. The van der Waals surface area contributed by atoms with E-state index in [1.165, 1.54) is 19.2 Å². The minimum absolute atomic E-state index is 0.144. The molecule has 0 bridgehead atoms. The second kappa shape index (κ2) is 5.27. The van der Waals surface area contributed by atoms with Crippen LogP contribution in [0.5, 0.6) is 5.75 Å². The minimum Gasteiger partial charge on any atom is -0.497 e. The maximum absolute atomic E-state index is 13.7. The highest BCUT2D eigenvalue weighted by Gasteiger charge is 2.24. The van der Waals surface area contributed by atoms with Crippen LogP contribution in [0, 0.1) is 5.82 Å². The van der Waals surface area contributed by atoms with Gasteiger partial charge < -0.3 is 10.1 Å². The van der Waals surface area contributed by atoms with Crippen LogP contribution < -0.4 is 10.1 Å². The monoisotopic (exact) mass is 237 g/mol. The number of rotatable bonds is 3. The van der Waals surface area contributed by atoms with Crippen molar-refractivity contribution >= 4 is 5.78 Å². The molecule has 1 aromatic carbocycles. The average Bonchev–Trinajstić information content (AvgIpc) is 2.39. The van der Waals surface area contributed by atoms with Crippen LogP contribution >= 0.6 is 0 Å². The fourth-order valence-corrected chi connectivity index (χ4v) is 2.09. The summed E-state index contributed by atoms with van der Waals surface area (Å²) in [5, 5.41) is 3.13. The molecule has 0 saturated carbocycles. The first kappa shape index (κ1) is 12.0. The summed E-state index contributed by atoms with van der Waals surface area (Å²) in [4.78, 5) is 12.1. The Bertz CT molecular complexity index is 414. The van der Waals surface area contributed by atoms with Crippen LogP contribution in [0.2, 0.25) is 0 Å². The Hall–Kier alpha value is -1.42. The van der Waals surface area contributed by atoms with Gasteiger partial charge in [0, 0.05) is 6.07 Å². The van der Waals surface area contributed by atoms with Crippen LogP contribution in [0.3, 0.4) is 0 Å². The molecule has 1 heterocycles. The van der Waals surface area contributed by atoms with Crippen molar-refractivity contribution in [2.45, 2.75) is 25.3 Å². The van der Waals surface area contributed by atoms with Crippen LogP contribution in [0.4, 0.5) is 4.39 Å². The van der Waals surface area contributed by atoms with Gasteiger partial charge in [-0.15, -0.1) is 0 Å². The van der Waals surface area contributed by atoms with Gasteiger partial charge in [0.25, 0.3) is 0 Å². The van der Waals surface area contributed by atoms with E-state index >= 15 is 0 Å². The quantitative estimate of drug-likeness (QED) is 0.819. The number of carbonyl (C=O) groups is 1. The van der Waals surface area contributed by atoms with Crippen LogP contribution in [0.15, 0.2) is 18.2 Å². The molecular weight excluding hydrogens is 221 g/mol. The summed E-state index contributed by atoms with van der Waals surface area (Å²) in [7, 11) is 1.47. The van der Waals surface area contributed by atoms with Crippen LogP contribution in [-0.2, 0) is 0 Å². The molecule has 92 valence electrons. The molecule has 1 atom stereocenters. The normalized spacial score (nSPS) is 20.0. The summed E-state index contributed by atoms with van der Waals surface area (Å²) in [6, 6.07) is 4.11. The molecule has 0 spiro atoms. The van der Waals surface area contributed by atoms with Gasteiger partial charge in [-0.1, -0.05) is 6.42 Å². The molecule has 1 fully saturated rings. The fourth-order valence-electron chi connectivity index (χ4n) is 2.09. The SMILES string of the molecule is COc1ccc(C(=O)C2CCCCN2)c(F)c1. The van der Waals surface area contributed by atoms with Gasteiger partial charge in [-0.25, -0.2) is 4.39 Å². The van der Waals surface area contributed by atoms with Crippen molar-refractivity contribution < 1.29 is 13.9 Å². The molecule has 1 aromatic rings. The van der Waals surface area contributed by atoms with E-state index in [0.29, 0.717) is 5.75 Å². The van der Waals surface area contributed by atoms with E-state index in [2.05, 4.69) is 5.32 Å². The lowest BCUT2D eigenvalue weighted by molar-refractivity contribution is 0.0923. The zero-order valence-electron chi connectivity index (χ0n) is 9.83. The number of carbonyl (C=O) groups excluding carboxylic acids is 1. The van der Waals surface area contributed by atoms with Gasteiger partial charge in [0.2, 0.25) is 0 Å². The maximum atomic E-state index is 13.7. The molecule has 1 N–H and O–H groups in total. The molecule has 0 amide bonds. The number of methoxy groups -OCH3 is 1. The first-order chi connectivity index (χ1) is 8.22. The van der Waals surface area contributed by atoms with Gasteiger partial charge in [-0.3, -0.25) is 4.79 Å². The Labute approximate surface area is 100.0 Å². The summed E-state index contributed by atoms with van der Waals surface area (Å²) in [5.74, 6) is -0.248. The first-order valence-electron chi connectivity index (χ1n) is 5.83.